The molecule has 0 aliphatic carbocycles. The number of aryl methyl sites for hydroxylation is 1. The average Bonchev–Trinajstić information content (AvgIpc) is 2.64. The number of carbonyl (C=O) groups excluding carboxylic acids is 1. The number of carbonyl (C=O) groups is 1. The number of nitrogens with one attached hydrogen (secondary N) is 1. The summed E-state index contributed by atoms with van der Waals surface area (Å²) in [4.78, 5) is 19.1. The zero-order valence-electron chi connectivity index (χ0n) is 8.34. The number of amides is 1. The second-order valence-electron chi connectivity index (χ2n) is 2.99. The van der Waals surface area contributed by atoms with E-state index in [4.69, 9.17) is 4.52 Å². The number of hydrogen-bond donors (Lipinski definition) is 2. The first-order valence-electron chi connectivity index (χ1n) is 4.41. The quantitative estimate of drug-likeness (QED) is 0.773. The summed E-state index contributed by atoms with van der Waals surface area (Å²) in [7, 11) is 0. The van der Waals surface area contributed by atoms with Gasteiger partial charge in [0.1, 0.15) is 5.75 Å². The molecule has 2 rings (SSSR count). The van der Waals surface area contributed by atoms with Gasteiger partial charge in [-0.3, -0.25) is 15.1 Å². The molecule has 0 aliphatic heterocycles. The summed E-state index contributed by atoms with van der Waals surface area (Å²) in [6, 6.07) is 1.37. The van der Waals surface area contributed by atoms with Gasteiger partial charge in [0.25, 0.3) is 5.91 Å². The SMILES string of the molecule is Cc1noc(NC(=O)c2ccncc2O)n1. The van der Waals surface area contributed by atoms with E-state index in [9.17, 15) is 9.90 Å². The minimum atomic E-state index is -0.538. The monoisotopic (exact) mass is 220 g/mol. The van der Waals surface area contributed by atoms with Crippen LogP contribution in [0.5, 0.6) is 5.75 Å². The molecular weight excluding hydrogens is 212 g/mol. The van der Waals surface area contributed by atoms with Crippen LogP contribution in [0.3, 0.4) is 0 Å². The molecule has 16 heavy (non-hydrogen) atoms. The smallest absolute Gasteiger partial charge is 0.328 e. The van der Waals surface area contributed by atoms with Gasteiger partial charge in [-0.1, -0.05) is 5.16 Å². The Morgan fingerprint density at radius 3 is 3.00 bits per heavy atom. The zero-order chi connectivity index (χ0) is 11.5. The lowest BCUT2D eigenvalue weighted by Gasteiger charge is -2.01. The van der Waals surface area contributed by atoms with Crippen molar-refractivity contribution in [2.24, 2.45) is 0 Å². The van der Waals surface area contributed by atoms with Gasteiger partial charge in [-0.2, -0.15) is 4.98 Å². The first kappa shape index (κ1) is 10.1. The topological polar surface area (TPSA) is 101 Å². The molecule has 0 unspecified atom stereocenters. The van der Waals surface area contributed by atoms with E-state index < -0.39 is 5.91 Å². The summed E-state index contributed by atoms with van der Waals surface area (Å²) in [6.07, 6.45) is 2.57. The van der Waals surface area contributed by atoms with Crippen molar-refractivity contribution in [1.82, 2.24) is 15.1 Å². The highest BCUT2D eigenvalue weighted by atomic mass is 16.5. The molecule has 0 fully saturated rings. The van der Waals surface area contributed by atoms with Gasteiger partial charge in [0.05, 0.1) is 11.8 Å². The summed E-state index contributed by atoms with van der Waals surface area (Å²) < 4.78 is 4.71. The van der Waals surface area contributed by atoms with Gasteiger partial charge in [-0.15, -0.1) is 0 Å². The summed E-state index contributed by atoms with van der Waals surface area (Å²) in [6.45, 7) is 1.63. The van der Waals surface area contributed by atoms with Crippen LogP contribution in [-0.2, 0) is 0 Å². The average molecular weight is 220 g/mol. The molecule has 0 radical (unpaired) electrons. The van der Waals surface area contributed by atoms with E-state index in [2.05, 4.69) is 20.4 Å². The van der Waals surface area contributed by atoms with Gasteiger partial charge in [-0.05, 0) is 13.0 Å². The first-order chi connectivity index (χ1) is 7.66. The van der Waals surface area contributed by atoms with Gasteiger partial charge < -0.3 is 9.63 Å². The second kappa shape index (κ2) is 3.97. The number of aromatic nitrogens is 3. The Morgan fingerprint density at radius 2 is 2.38 bits per heavy atom. The molecule has 0 saturated carbocycles. The predicted molar refractivity (Wildman–Crippen MR) is 52.9 cm³/mol. The molecule has 7 heteroatoms. The van der Waals surface area contributed by atoms with E-state index in [0.29, 0.717) is 5.82 Å². The van der Waals surface area contributed by atoms with E-state index in [1.165, 1.54) is 18.5 Å². The Hall–Kier alpha value is -2.44. The molecule has 1 amide bonds. The van der Waals surface area contributed by atoms with Crippen LogP contribution in [0.4, 0.5) is 6.01 Å². The molecule has 2 aromatic rings. The number of pyridine rings is 1. The Kier molecular flexibility index (Phi) is 2.50. The van der Waals surface area contributed by atoms with Crippen molar-refractivity contribution < 1.29 is 14.4 Å². The van der Waals surface area contributed by atoms with Crippen LogP contribution < -0.4 is 5.32 Å². The fraction of sp³-hybridized carbons (Fsp3) is 0.111. The highest BCUT2D eigenvalue weighted by Crippen LogP contribution is 2.15. The maximum atomic E-state index is 11.6. The number of anilines is 1. The molecule has 2 heterocycles. The third-order valence-corrected chi connectivity index (χ3v) is 1.79. The molecule has 7 nitrogen and oxygen atoms in total. The van der Waals surface area contributed by atoms with E-state index >= 15 is 0 Å². The molecule has 2 aromatic heterocycles. The number of nitrogens with zero attached hydrogens (tertiary/aromatic N) is 3. The summed E-state index contributed by atoms with van der Waals surface area (Å²) in [5.41, 5.74) is 0.0888. The largest absolute Gasteiger partial charge is 0.505 e. The molecule has 0 aliphatic rings. The lowest BCUT2D eigenvalue weighted by molar-refractivity contribution is 0.102. The van der Waals surface area contributed by atoms with Gasteiger partial charge in [0.2, 0.25) is 0 Å². The van der Waals surface area contributed by atoms with Crippen LogP contribution in [-0.4, -0.2) is 26.1 Å². The number of rotatable bonds is 2. The Labute approximate surface area is 90.1 Å². The van der Waals surface area contributed by atoms with Crippen LogP contribution in [0.25, 0.3) is 0 Å². The van der Waals surface area contributed by atoms with Crippen molar-refractivity contribution in [2.75, 3.05) is 5.32 Å². The standard InChI is InChI=1S/C9H8N4O3/c1-5-11-9(16-13-5)12-8(15)6-2-3-10-4-7(6)14/h2-4,14H,1H3,(H,11,12,13,15). The van der Waals surface area contributed by atoms with Crippen LogP contribution in [0.1, 0.15) is 16.2 Å². The highest BCUT2D eigenvalue weighted by Gasteiger charge is 2.13. The Bertz CT molecular complexity index is 523. The zero-order valence-corrected chi connectivity index (χ0v) is 8.34. The van der Waals surface area contributed by atoms with E-state index in [1.807, 2.05) is 0 Å². The highest BCUT2D eigenvalue weighted by molar-refractivity contribution is 6.04. The molecule has 0 aromatic carbocycles. The second-order valence-corrected chi connectivity index (χ2v) is 2.99. The third kappa shape index (κ3) is 1.97. The molecule has 0 atom stereocenters. The molecule has 0 spiro atoms. The van der Waals surface area contributed by atoms with Crippen LogP contribution in [0.2, 0.25) is 0 Å². The van der Waals surface area contributed by atoms with Gasteiger partial charge >= 0.3 is 6.01 Å². The Morgan fingerprint density at radius 1 is 1.56 bits per heavy atom. The molecule has 82 valence electrons. The summed E-state index contributed by atoms with van der Waals surface area (Å²) in [5, 5.41) is 15.2. The van der Waals surface area contributed by atoms with Gasteiger partial charge in [0.15, 0.2) is 5.82 Å². The molecule has 0 saturated heterocycles. The van der Waals surface area contributed by atoms with E-state index in [-0.39, 0.29) is 17.3 Å². The summed E-state index contributed by atoms with van der Waals surface area (Å²) in [5.74, 6) is -0.339. The lowest BCUT2D eigenvalue weighted by atomic mass is 10.2. The lowest BCUT2D eigenvalue weighted by Crippen LogP contribution is -2.12. The van der Waals surface area contributed by atoms with Crippen molar-refractivity contribution in [3.05, 3.63) is 29.8 Å². The van der Waals surface area contributed by atoms with Crippen LogP contribution in [0, 0.1) is 6.92 Å². The Balaban J connectivity index is 2.18. The fourth-order valence-corrected chi connectivity index (χ4v) is 1.09. The molecular formula is C9H8N4O3. The number of aromatic hydroxyl groups is 1. The predicted octanol–water partition coefficient (Wildman–Crippen LogP) is 0.731. The van der Waals surface area contributed by atoms with Crippen molar-refractivity contribution in [1.29, 1.82) is 0 Å². The van der Waals surface area contributed by atoms with Gasteiger partial charge in [-0.25, -0.2) is 0 Å². The van der Waals surface area contributed by atoms with E-state index in [1.54, 1.807) is 6.92 Å². The maximum Gasteiger partial charge on any atom is 0.328 e. The third-order valence-electron chi connectivity index (χ3n) is 1.79. The summed E-state index contributed by atoms with van der Waals surface area (Å²) >= 11 is 0. The molecule has 2 N–H and O–H groups in total. The van der Waals surface area contributed by atoms with Crippen LogP contribution >= 0.6 is 0 Å². The minimum absolute atomic E-state index is 0.0151. The number of hydrogen-bond acceptors (Lipinski definition) is 6. The maximum absolute atomic E-state index is 11.6. The van der Waals surface area contributed by atoms with Crippen molar-refractivity contribution in [3.8, 4) is 5.75 Å². The molecule has 0 bridgehead atoms. The first-order valence-corrected chi connectivity index (χ1v) is 4.41. The van der Waals surface area contributed by atoms with Gasteiger partial charge in [0, 0.05) is 6.20 Å². The minimum Gasteiger partial charge on any atom is -0.505 e. The van der Waals surface area contributed by atoms with Crippen molar-refractivity contribution >= 4 is 11.9 Å². The fourth-order valence-electron chi connectivity index (χ4n) is 1.09. The van der Waals surface area contributed by atoms with E-state index in [0.717, 1.165) is 0 Å². The van der Waals surface area contributed by atoms with Crippen LogP contribution in [0.15, 0.2) is 23.0 Å². The normalized spacial score (nSPS) is 10.1. The van der Waals surface area contributed by atoms with Crippen molar-refractivity contribution in [3.63, 3.8) is 0 Å². The van der Waals surface area contributed by atoms with Crippen molar-refractivity contribution in [2.45, 2.75) is 6.92 Å².